The SMILES string of the molecule is CN(C(=O)CCS)c1sc(-c2cccnc2)nc1Cl. The van der Waals surface area contributed by atoms with E-state index in [1.807, 2.05) is 12.1 Å². The maximum atomic E-state index is 11.8. The van der Waals surface area contributed by atoms with Crippen molar-refractivity contribution in [3.8, 4) is 10.6 Å². The van der Waals surface area contributed by atoms with Crippen LogP contribution in [0.4, 0.5) is 5.00 Å². The van der Waals surface area contributed by atoms with Gasteiger partial charge in [0.1, 0.15) is 10.0 Å². The minimum Gasteiger partial charge on any atom is -0.304 e. The molecule has 0 saturated carbocycles. The van der Waals surface area contributed by atoms with Crippen LogP contribution in [0.25, 0.3) is 10.6 Å². The molecule has 4 nitrogen and oxygen atoms in total. The molecule has 0 bridgehead atoms. The molecule has 2 aromatic rings. The van der Waals surface area contributed by atoms with Crippen molar-refractivity contribution in [3.63, 3.8) is 0 Å². The average molecular weight is 314 g/mol. The third-order valence-corrected chi connectivity index (χ3v) is 4.26. The summed E-state index contributed by atoms with van der Waals surface area (Å²) in [6, 6.07) is 3.74. The van der Waals surface area contributed by atoms with Crippen molar-refractivity contribution in [2.45, 2.75) is 6.42 Å². The van der Waals surface area contributed by atoms with Crippen LogP contribution in [-0.2, 0) is 4.79 Å². The average Bonchev–Trinajstić information content (AvgIpc) is 2.81. The van der Waals surface area contributed by atoms with Gasteiger partial charge in [0, 0.05) is 31.4 Å². The van der Waals surface area contributed by atoms with Gasteiger partial charge in [0.25, 0.3) is 0 Å². The molecule has 2 heterocycles. The lowest BCUT2D eigenvalue weighted by molar-refractivity contribution is -0.117. The number of carbonyl (C=O) groups excluding carboxylic acids is 1. The lowest BCUT2D eigenvalue weighted by atomic mass is 10.3. The van der Waals surface area contributed by atoms with E-state index in [1.54, 1.807) is 19.4 Å². The highest BCUT2D eigenvalue weighted by Gasteiger charge is 2.18. The molecule has 0 aliphatic heterocycles. The van der Waals surface area contributed by atoms with Gasteiger partial charge >= 0.3 is 0 Å². The molecule has 2 rings (SSSR count). The number of aromatic nitrogens is 2. The van der Waals surface area contributed by atoms with Crippen molar-refractivity contribution in [1.29, 1.82) is 0 Å². The number of rotatable bonds is 4. The predicted octanol–water partition coefficient (Wildman–Crippen LogP) is 3.14. The molecule has 100 valence electrons. The summed E-state index contributed by atoms with van der Waals surface area (Å²) >= 11 is 11.5. The van der Waals surface area contributed by atoms with Crippen molar-refractivity contribution in [3.05, 3.63) is 29.7 Å². The van der Waals surface area contributed by atoms with Gasteiger partial charge in [-0.05, 0) is 17.9 Å². The first-order valence-electron chi connectivity index (χ1n) is 5.57. The first kappa shape index (κ1) is 14.3. The van der Waals surface area contributed by atoms with Gasteiger partial charge in [0.15, 0.2) is 5.15 Å². The summed E-state index contributed by atoms with van der Waals surface area (Å²) in [5.41, 5.74) is 0.885. The molecule has 0 atom stereocenters. The lowest BCUT2D eigenvalue weighted by Crippen LogP contribution is -2.25. The Morgan fingerprint density at radius 3 is 3.00 bits per heavy atom. The van der Waals surface area contributed by atoms with E-state index in [2.05, 4.69) is 22.6 Å². The Morgan fingerprint density at radius 1 is 1.58 bits per heavy atom. The maximum Gasteiger partial charge on any atom is 0.228 e. The lowest BCUT2D eigenvalue weighted by Gasteiger charge is -2.14. The van der Waals surface area contributed by atoms with Gasteiger partial charge in [0.2, 0.25) is 5.91 Å². The number of anilines is 1. The van der Waals surface area contributed by atoms with E-state index in [0.29, 0.717) is 22.3 Å². The Balaban J connectivity index is 2.29. The number of hydrogen-bond acceptors (Lipinski definition) is 5. The molecular weight excluding hydrogens is 302 g/mol. The van der Waals surface area contributed by atoms with Crippen molar-refractivity contribution < 1.29 is 4.79 Å². The van der Waals surface area contributed by atoms with Gasteiger partial charge in [-0.25, -0.2) is 4.98 Å². The quantitative estimate of drug-likeness (QED) is 0.882. The Labute approximate surface area is 125 Å². The number of thiazole rings is 1. The van der Waals surface area contributed by atoms with Crippen LogP contribution in [0, 0.1) is 0 Å². The second-order valence-electron chi connectivity index (χ2n) is 3.78. The minimum atomic E-state index is -0.0294. The monoisotopic (exact) mass is 313 g/mol. The maximum absolute atomic E-state index is 11.8. The Hall–Kier alpha value is -1.11. The summed E-state index contributed by atoms with van der Waals surface area (Å²) in [6.45, 7) is 0. The van der Waals surface area contributed by atoms with Crippen LogP contribution in [0.1, 0.15) is 6.42 Å². The smallest absolute Gasteiger partial charge is 0.228 e. The van der Waals surface area contributed by atoms with E-state index >= 15 is 0 Å². The normalized spacial score (nSPS) is 10.5. The summed E-state index contributed by atoms with van der Waals surface area (Å²) in [5.74, 6) is 0.480. The fourth-order valence-corrected chi connectivity index (χ4v) is 2.99. The van der Waals surface area contributed by atoms with Gasteiger partial charge in [-0.3, -0.25) is 9.78 Å². The zero-order chi connectivity index (χ0) is 13.8. The van der Waals surface area contributed by atoms with Gasteiger partial charge in [-0.2, -0.15) is 12.6 Å². The van der Waals surface area contributed by atoms with Crippen LogP contribution < -0.4 is 4.90 Å². The fourth-order valence-electron chi connectivity index (χ4n) is 1.49. The van der Waals surface area contributed by atoms with E-state index in [9.17, 15) is 4.79 Å². The number of thiol groups is 1. The molecule has 0 N–H and O–H groups in total. The van der Waals surface area contributed by atoms with E-state index < -0.39 is 0 Å². The molecule has 0 unspecified atom stereocenters. The molecular formula is C12H12ClN3OS2. The molecule has 0 aliphatic carbocycles. The summed E-state index contributed by atoms with van der Waals surface area (Å²) in [7, 11) is 1.69. The zero-order valence-corrected chi connectivity index (χ0v) is 12.7. The number of halogens is 1. The highest BCUT2D eigenvalue weighted by Crippen LogP contribution is 2.37. The summed E-state index contributed by atoms with van der Waals surface area (Å²) in [6.07, 6.45) is 3.78. The van der Waals surface area contributed by atoms with Crippen LogP contribution in [0.5, 0.6) is 0 Å². The van der Waals surface area contributed by atoms with Gasteiger partial charge in [0.05, 0.1) is 0 Å². The van der Waals surface area contributed by atoms with Gasteiger partial charge in [-0.1, -0.05) is 22.9 Å². The summed E-state index contributed by atoms with van der Waals surface area (Å²) < 4.78 is 0. The number of nitrogens with zero attached hydrogens (tertiary/aromatic N) is 3. The zero-order valence-electron chi connectivity index (χ0n) is 10.2. The molecule has 0 fully saturated rings. The minimum absolute atomic E-state index is 0.0294. The van der Waals surface area contributed by atoms with Crippen molar-refractivity contribution >= 4 is 46.5 Å². The molecule has 0 spiro atoms. The highest BCUT2D eigenvalue weighted by atomic mass is 35.5. The fraction of sp³-hybridized carbons (Fsp3) is 0.250. The Bertz CT molecular complexity index is 574. The molecule has 0 aromatic carbocycles. The van der Waals surface area contributed by atoms with Crippen molar-refractivity contribution in [2.24, 2.45) is 0 Å². The largest absolute Gasteiger partial charge is 0.304 e. The first-order chi connectivity index (χ1) is 9.13. The van der Waals surface area contributed by atoms with E-state index in [-0.39, 0.29) is 5.91 Å². The third-order valence-electron chi connectivity index (χ3n) is 2.48. The first-order valence-corrected chi connectivity index (χ1v) is 7.40. The second-order valence-corrected chi connectivity index (χ2v) is 5.57. The molecule has 0 saturated heterocycles. The number of pyridine rings is 1. The number of carbonyl (C=O) groups is 1. The van der Waals surface area contributed by atoms with Crippen molar-refractivity contribution in [1.82, 2.24) is 9.97 Å². The molecule has 0 radical (unpaired) electrons. The van der Waals surface area contributed by atoms with Crippen LogP contribution in [-0.4, -0.2) is 28.7 Å². The van der Waals surface area contributed by atoms with Crippen LogP contribution >= 0.6 is 35.6 Å². The van der Waals surface area contributed by atoms with Crippen LogP contribution in [0.3, 0.4) is 0 Å². The highest BCUT2D eigenvalue weighted by molar-refractivity contribution is 7.80. The second kappa shape index (κ2) is 6.36. The molecule has 0 aliphatic rings. The topological polar surface area (TPSA) is 46.1 Å². The molecule has 2 aromatic heterocycles. The van der Waals surface area contributed by atoms with E-state index in [0.717, 1.165) is 10.6 Å². The van der Waals surface area contributed by atoms with Gasteiger partial charge in [-0.15, -0.1) is 0 Å². The van der Waals surface area contributed by atoms with E-state index in [1.165, 1.54) is 16.2 Å². The standard InChI is InChI=1S/C12H12ClN3OS2/c1-16(9(17)4-6-18)12-10(13)15-11(19-12)8-3-2-5-14-7-8/h2-3,5,7,18H,4,6H2,1H3. The molecule has 19 heavy (non-hydrogen) atoms. The number of amides is 1. The Kier molecular flexibility index (Phi) is 4.79. The number of hydrogen-bond donors (Lipinski definition) is 1. The molecule has 7 heteroatoms. The summed E-state index contributed by atoms with van der Waals surface area (Å²) in [5, 5.41) is 1.73. The Morgan fingerprint density at radius 2 is 2.37 bits per heavy atom. The van der Waals surface area contributed by atoms with Crippen LogP contribution in [0.2, 0.25) is 5.15 Å². The van der Waals surface area contributed by atoms with Crippen LogP contribution in [0.15, 0.2) is 24.5 Å². The summed E-state index contributed by atoms with van der Waals surface area (Å²) in [4.78, 5) is 21.7. The molecule has 1 amide bonds. The van der Waals surface area contributed by atoms with E-state index in [4.69, 9.17) is 11.6 Å². The third kappa shape index (κ3) is 3.26. The van der Waals surface area contributed by atoms with Gasteiger partial charge < -0.3 is 4.90 Å². The predicted molar refractivity (Wildman–Crippen MR) is 82.2 cm³/mol. The van der Waals surface area contributed by atoms with Crippen molar-refractivity contribution in [2.75, 3.05) is 17.7 Å².